The number of hydrogen-bond acceptors (Lipinski definition) is 3. The lowest BCUT2D eigenvalue weighted by atomic mass is 10.1. The standard InChI is InChI=1S/C15H11ClN4O/c16-13-4-6-17-9-12(13)15(21)19-11-3-1-2-10(8-11)14-5-7-18-20-14/h1-9H,(H,18,20)(H,19,21). The smallest absolute Gasteiger partial charge is 0.258 e. The first-order valence-electron chi connectivity index (χ1n) is 6.25. The number of nitrogens with zero attached hydrogens (tertiary/aromatic N) is 2. The van der Waals surface area contributed by atoms with Crippen LogP contribution < -0.4 is 5.32 Å². The second-order valence-electron chi connectivity index (χ2n) is 4.36. The molecule has 0 bridgehead atoms. The van der Waals surface area contributed by atoms with Crippen LogP contribution in [0.2, 0.25) is 5.02 Å². The normalized spacial score (nSPS) is 10.3. The summed E-state index contributed by atoms with van der Waals surface area (Å²) in [7, 11) is 0. The van der Waals surface area contributed by atoms with Gasteiger partial charge in [0.15, 0.2) is 0 Å². The number of pyridine rings is 1. The number of anilines is 1. The van der Waals surface area contributed by atoms with Crippen molar-refractivity contribution >= 4 is 23.2 Å². The Balaban J connectivity index is 1.84. The van der Waals surface area contributed by atoms with Gasteiger partial charge < -0.3 is 5.32 Å². The average Bonchev–Trinajstić information content (AvgIpc) is 3.02. The largest absolute Gasteiger partial charge is 0.322 e. The zero-order chi connectivity index (χ0) is 14.7. The lowest BCUT2D eigenvalue weighted by Gasteiger charge is -2.07. The van der Waals surface area contributed by atoms with Gasteiger partial charge in [0.2, 0.25) is 0 Å². The molecule has 0 saturated heterocycles. The lowest BCUT2D eigenvalue weighted by Crippen LogP contribution is -2.12. The summed E-state index contributed by atoms with van der Waals surface area (Å²) >= 11 is 5.98. The van der Waals surface area contributed by atoms with Crippen molar-refractivity contribution in [3.63, 3.8) is 0 Å². The fourth-order valence-electron chi connectivity index (χ4n) is 1.92. The van der Waals surface area contributed by atoms with E-state index in [1.165, 1.54) is 12.4 Å². The highest BCUT2D eigenvalue weighted by Crippen LogP contribution is 2.21. The van der Waals surface area contributed by atoms with Crippen LogP contribution >= 0.6 is 11.6 Å². The molecule has 21 heavy (non-hydrogen) atoms. The quantitative estimate of drug-likeness (QED) is 0.778. The zero-order valence-electron chi connectivity index (χ0n) is 10.9. The minimum Gasteiger partial charge on any atom is -0.322 e. The van der Waals surface area contributed by atoms with Crippen LogP contribution in [0, 0.1) is 0 Å². The molecule has 0 spiro atoms. The number of aromatic amines is 1. The maximum atomic E-state index is 12.2. The van der Waals surface area contributed by atoms with Crippen LogP contribution in [0.4, 0.5) is 5.69 Å². The Morgan fingerprint density at radius 2 is 2.10 bits per heavy atom. The number of aromatic nitrogens is 3. The van der Waals surface area contributed by atoms with Crippen molar-refractivity contribution in [1.82, 2.24) is 15.2 Å². The van der Waals surface area contributed by atoms with Gasteiger partial charge in [0.25, 0.3) is 5.91 Å². The van der Waals surface area contributed by atoms with Crippen molar-refractivity contribution in [3.05, 3.63) is 65.6 Å². The molecule has 6 heteroatoms. The van der Waals surface area contributed by atoms with E-state index in [4.69, 9.17) is 11.6 Å². The van der Waals surface area contributed by atoms with Gasteiger partial charge in [-0.1, -0.05) is 23.7 Å². The summed E-state index contributed by atoms with van der Waals surface area (Å²) in [6.07, 6.45) is 4.66. The Morgan fingerprint density at radius 1 is 1.19 bits per heavy atom. The highest BCUT2D eigenvalue weighted by Gasteiger charge is 2.11. The molecule has 0 unspecified atom stereocenters. The van der Waals surface area contributed by atoms with E-state index in [0.717, 1.165) is 11.3 Å². The Morgan fingerprint density at radius 3 is 2.86 bits per heavy atom. The molecule has 0 saturated carbocycles. The number of nitrogens with one attached hydrogen (secondary N) is 2. The summed E-state index contributed by atoms with van der Waals surface area (Å²) < 4.78 is 0. The fraction of sp³-hybridized carbons (Fsp3) is 0. The topological polar surface area (TPSA) is 70.7 Å². The first-order chi connectivity index (χ1) is 10.2. The maximum Gasteiger partial charge on any atom is 0.258 e. The molecule has 2 aromatic heterocycles. The first-order valence-corrected chi connectivity index (χ1v) is 6.62. The van der Waals surface area contributed by atoms with Crippen LogP contribution in [0.3, 0.4) is 0 Å². The molecule has 0 radical (unpaired) electrons. The van der Waals surface area contributed by atoms with Gasteiger partial charge in [-0.25, -0.2) is 0 Å². The summed E-state index contributed by atoms with van der Waals surface area (Å²) in [5, 5.41) is 9.96. The predicted octanol–water partition coefficient (Wildman–Crippen LogP) is 3.38. The summed E-state index contributed by atoms with van der Waals surface area (Å²) in [5.74, 6) is -0.296. The van der Waals surface area contributed by atoms with Crippen molar-refractivity contribution < 1.29 is 4.79 Å². The molecule has 3 aromatic rings. The molecular formula is C15H11ClN4O. The Labute approximate surface area is 126 Å². The van der Waals surface area contributed by atoms with E-state index in [-0.39, 0.29) is 5.91 Å². The van der Waals surface area contributed by atoms with Crippen molar-refractivity contribution in [2.24, 2.45) is 0 Å². The Hall–Kier alpha value is -2.66. The highest BCUT2D eigenvalue weighted by molar-refractivity contribution is 6.34. The van der Waals surface area contributed by atoms with Gasteiger partial charge >= 0.3 is 0 Å². The third-order valence-corrected chi connectivity index (χ3v) is 3.27. The van der Waals surface area contributed by atoms with Crippen molar-refractivity contribution in [2.75, 3.05) is 5.32 Å². The van der Waals surface area contributed by atoms with E-state index in [9.17, 15) is 4.79 Å². The summed E-state index contributed by atoms with van der Waals surface area (Å²) in [5.41, 5.74) is 2.83. The summed E-state index contributed by atoms with van der Waals surface area (Å²) in [6.45, 7) is 0. The van der Waals surface area contributed by atoms with Crippen LogP contribution in [-0.2, 0) is 0 Å². The molecule has 0 aliphatic heterocycles. The second-order valence-corrected chi connectivity index (χ2v) is 4.77. The van der Waals surface area contributed by atoms with Crippen LogP contribution in [0.25, 0.3) is 11.3 Å². The molecule has 2 heterocycles. The fourth-order valence-corrected chi connectivity index (χ4v) is 2.12. The number of rotatable bonds is 3. The van der Waals surface area contributed by atoms with Crippen LogP contribution in [-0.4, -0.2) is 21.1 Å². The van der Waals surface area contributed by atoms with Gasteiger partial charge in [-0.15, -0.1) is 0 Å². The molecule has 3 rings (SSSR count). The van der Waals surface area contributed by atoms with Gasteiger partial charge in [0.1, 0.15) is 0 Å². The predicted molar refractivity (Wildman–Crippen MR) is 81.2 cm³/mol. The third kappa shape index (κ3) is 2.93. The van der Waals surface area contributed by atoms with Gasteiger partial charge in [-0.05, 0) is 24.3 Å². The summed E-state index contributed by atoms with van der Waals surface area (Å²) in [6, 6.07) is 10.9. The SMILES string of the molecule is O=C(Nc1cccc(-c2ccn[nH]2)c1)c1cnccc1Cl. The number of hydrogen-bond donors (Lipinski definition) is 2. The van der Waals surface area contributed by atoms with Gasteiger partial charge in [-0.3, -0.25) is 14.9 Å². The van der Waals surface area contributed by atoms with E-state index in [0.29, 0.717) is 16.3 Å². The number of H-pyrrole nitrogens is 1. The van der Waals surface area contributed by atoms with Crippen molar-refractivity contribution in [3.8, 4) is 11.3 Å². The number of halogens is 1. The number of carbonyl (C=O) groups is 1. The number of amides is 1. The van der Waals surface area contributed by atoms with Gasteiger partial charge in [0, 0.05) is 29.8 Å². The van der Waals surface area contributed by atoms with Crippen LogP contribution in [0.15, 0.2) is 55.0 Å². The number of carbonyl (C=O) groups excluding carboxylic acids is 1. The number of benzene rings is 1. The van der Waals surface area contributed by atoms with Crippen LogP contribution in [0.1, 0.15) is 10.4 Å². The van der Waals surface area contributed by atoms with E-state index in [1.54, 1.807) is 12.3 Å². The van der Waals surface area contributed by atoms with E-state index in [1.807, 2.05) is 30.3 Å². The van der Waals surface area contributed by atoms with Crippen LogP contribution in [0.5, 0.6) is 0 Å². The molecular weight excluding hydrogens is 288 g/mol. The molecule has 0 aliphatic carbocycles. The monoisotopic (exact) mass is 298 g/mol. The minimum absolute atomic E-state index is 0.296. The molecule has 0 atom stereocenters. The van der Waals surface area contributed by atoms with Crippen molar-refractivity contribution in [1.29, 1.82) is 0 Å². The molecule has 1 amide bonds. The van der Waals surface area contributed by atoms with Crippen molar-refractivity contribution in [2.45, 2.75) is 0 Å². The van der Waals surface area contributed by atoms with Gasteiger partial charge in [-0.2, -0.15) is 5.10 Å². The van der Waals surface area contributed by atoms with E-state index < -0.39 is 0 Å². The summed E-state index contributed by atoms with van der Waals surface area (Å²) in [4.78, 5) is 16.1. The highest BCUT2D eigenvalue weighted by atomic mass is 35.5. The first kappa shape index (κ1) is 13.3. The lowest BCUT2D eigenvalue weighted by molar-refractivity contribution is 0.102. The zero-order valence-corrected chi connectivity index (χ0v) is 11.6. The molecule has 104 valence electrons. The maximum absolute atomic E-state index is 12.2. The second kappa shape index (κ2) is 5.76. The molecule has 1 aromatic carbocycles. The molecule has 0 aliphatic rings. The average molecular weight is 299 g/mol. The van der Waals surface area contributed by atoms with E-state index >= 15 is 0 Å². The minimum atomic E-state index is -0.296. The van der Waals surface area contributed by atoms with Gasteiger partial charge in [0.05, 0.1) is 16.3 Å². The molecule has 0 fully saturated rings. The molecule has 2 N–H and O–H groups in total. The Kier molecular flexibility index (Phi) is 3.66. The molecule has 5 nitrogen and oxygen atoms in total. The van der Waals surface area contributed by atoms with E-state index in [2.05, 4.69) is 20.5 Å². The third-order valence-electron chi connectivity index (χ3n) is 2.94. The Bertz CT molecular complexity index is 771.